The van der Waals surface area contributed by atoms with E-state index in [2.05, 4.69) is 27.9 Å². The highest BCUT2D eigenvalue weighted by molar-refractivity contribution is 14.1. The molecule has 15 heavy (non-hydrogen) atoms. The van der Waals surface area contributed by atoms with E-state index in [4.69, 9.17) is 11.6 Å². The Morgan fingerprint density at radius 2 is 2.20 bits per heavy atom. The van der Waals surface area contributed by atoms with Gasteiger partial charge in [-0.1, -0.05) is 11.6 Å². The minimum absolute atomic E-state index is 0.0552. The number of nitrogens with one attached hydrogen (secondary N) is 1. The highest BCUT2D eigenvalue weighted by Crippen LogP contribution is 2.24. The summed E-state index contributed by atoms with van der Waals surface area (Å²) >= 11 is 8.25. The quantitative estimate of drug-likeness (QED) is 0.827. The zero-order valence-corrected chi connectivity index (χ0v) is 11.2. The topological polar surface area (TPSA) is 29.1 Å². The van der Waals surface area contributed by atoms with E-state index in [9.17, 15) is 4.79 Å². The van der Waals surface area contributed by atoms with Crippen LogP contribution in [-0.2, 0) is 0 Å². The maximum atomic E-state index is 11.8. The van der Waals surface area contributed by atoms with Gasteiger partial charge in [-0.15, -0.1) is 0 Å². The van der Waals surface area contributed by atoms with Crippen molar-refractivity contribution in [3.63, 3.8) is 0 Å². The molecule has 1 aromatic carbocycles. The van der Waals surface area contributed by atoms with Crippen LogP contribution in [0.25, 0.3) is 0 Å². The number of benzene rings is 1. The first-order chi connectivity index (χ1) is 7.08. The first-order valence-electron chi connectivity index (χ1n) is 4.84. The molecule has 0 bridgehead atoms. The van der Waals surface area contributed by atoms with Gasteiger partial charge in [0.25, 0.3) is 5.91 Å². The SMILES string of the molecule is Cc1cc(Cl)c(C(=O)NC2CC2)cc1I. The molecule has 0 aliphatic heterocycles. The minimum Gasteiger partial charge on any atom is -0.349 e. The third-order valence-corrected chi connectivity index (χ3v) is 3.88. The van der Waals surface area contributed by atoms with Crippen LogP contribution in [0.1, 0.15) is 28.8 Å². The molecule has 0 heterocycles. The van der Waals surface area contributed by atoms with E-state index in [0.29, 0.717) is 16.6 Å². The van der Waals surface area contributed by atoms with Crippen LogP contribution >= 0.6 is 34.2 Å². The Bertz CT molecular complexity index is 415. The summed E-state index contributed by atoms with van der Waals surface area (Å²) < 4.78 is 1.07. The molecule has 1 saturated carbocycles. The molecular formula is C11H11ClINO. The van der Waals surface area contributed by atoms with E-state index in [1.807, 2.05) is 19.1 Å². The lowest BCUT2D eigenvalue weighted by Gasteiger charge is -2.07. The lowest BCUT2D eigenvalue weighted by molar-refractivity contribution is 0.0951. The summed E-state index contributed by atoms with van der Waals surface area (Å²) in [5, 5.41) is 3.46. The highest BCUT2D eigenvalue weighted by Gasteiger charge is 2.24. The van der Waals surface area contributed by atoms with Crippen LogP contribution in [0.2, 0.25) is 5.02 Å². The molecular weight excluding hydrogens is 324 g/mol. The highest BCUT2D eigenvalue weighted by atomic mass is 127. The monoisotopic (exact) mass is 335 g/mol. The molecule has 0 unspecified atom stereocenters. The summed E-state index contributed by atoms with van der Waals surface area (Å²) in [6.45, 7) is 1.98. The van der Waals surface area contributed by atoms with Gasteiger partial charge < -0.3 is 5.32 Å². The number of hydrogen-bond donors (Lipinski definition) is 1. The molecule has 4 heteroatoms. The predicted molar refractivity (Wildman–Crippen MR) is 69.4 cm³/mol. The number of rotatable bonds is 2. The van der Waals surface area contributed by atoms with Crippen molar-refractivity contribution < 1.29 is 4.79 Å². The first kappa shape index (κ1) is 11.2. The molecule has 2 rings (SSSR count). The van der Waals surface area contributed by atoms with E-state index in [1.165, 1.54) is 0 Å². The van der Waals surface area contributed by atoms with Crippen molar-refractivity contribution in [1.82, 2.24) is 5.32 Å². The lowest BCUT2D eigenvalue weighted by Crippen LogP contribution is -2.25. The van der Waals surface area contributed by atoms with Crippen molar-refractivity contribution in [2.24, 2.45) is 0 Å². The van der Waals surface area contributed by atoms with E-state index >= 15 is 0 Å². The number of carbonyl (C=O) groups is 1. The first-order valence-corrected chi connectivity index (χ1v) is 6.30. The van der Waals surface area contributed by atoms with E-state index in [-0.39, 0.29) is 5.91 Å². The summed E-state index contributed by atoms with van der Waals surface area (Å²) in [5.41, 5.74) is 1.68. The second-order valence-electron chi connectivity index (χ2n) is 3.83. The molecule has 0 spiro atoms. The molecule has 2 nitrogen and oxygen atoms in total. The van der Waals surface area contributed by atoms with Gasteiger partial charge in [-0.05, 0) is 60.1 Å². The maximum absolute atomic E-state index is 11.8. The Hall–Kier alpha value is -0.290. The number of hydrogen-bond acceptors (Lipinski definition) is 1. The van der Waals surface area contributed by atoms with Gasteiger partial charge in [-0.2, -0.15) is 0 Å². The van der Waals surface area contributed by atoms with E-state index < -0.39 is 0 Å². The second kappa shape index (κ2) is 4.29. The van der Waals surface area contributed by atoms with Crippen LogP contribution < -0.4 is 5.32 Å². The Morgan fingerprint density at radius 3 is 2.80 bits per heavy atom. The predicted octanol–water partition coefficient (Wildman–Crippen LogP) is 3.15. The smallest absolute Gasteiger partial charge is 0.253 e. The maximum Gasteiger partial charge on any atom is 0.253 e. The Morgan fingerprint density at radius 1 is 1.53 bits per heavy atom. The summed E-state index contributed by atoms with van der Waals surface area (Å²) in [4.78, 5) is 11.8. The summed E-state index contributed by atoms with van der Waals surface area (Å²) in [6, 6.07) is 4.05. The summed E-state index contributed by atoms with van der Waals surface area (Å²) in [7, 11) is 0. The number of halogens is 2. The van der Waals surface area contributed by atoms with Crippen molar-refractivity contribution in [3.8, 4) is 0 Å². The van der Waals surface area contributed by atoms with Gasteiger partial charge in [0.2, 0.25) is 0 Å². The average Bonchev–Trinajstić information content (AvgIpc) is 2.95. The molecule has 1 amide bonds. The Balaban J connectivity index is 2.25. The molecule has 0 atom stereocenters. The standard InChI is InChI=1S/C11H11ClINO/c1-6-4-9(12)8(5-10(6)13)11(15)14-7-2-3-7/h4-5,7H,2-3H2,1H3,(H,14,15). The summed E-state index contributed by atoms with van der Waals surface area (Å²) in [6.07, 6.45) is 2.18. The Kier molecular flexibility index (Phi) is 3.21. The van der Waals surface area contributed by atoms with Crippen molar-refractivity contribution in [2.75, 3.05) is 0 Å². The van der Waals surface area contributed by atoms with Crippen molar-refractivity contribution >= 4 is 40.1 Å². The fraction of sp³-hybridized carbons (Fsp3) is 0.364. The van der Waals surface area contributed by atoms with Crippen LogP contribution in [0.5, 0.6) is 0 Å². The largest absolute Gasteiger partial charge is 0.349 e. The zero-order chi connectivity index (χ0) is 11.0. The molecule has 1 aliphatic rings. The fourth-order valence-corrected chi connectivity index (χ4v) is 2.08. The molecule has 80 valence electrons. The second-order valence-corrected chi connectivity index (χ2v) is 5.40. The molecule has 1 aliphatic carbocycles. The van der Waals surface area contributed by atoms with Crippen LogP contribution in [0.4, 0.5) is 0 Å². The van der Waals surface area contributed by atoms with Gasteiger partial charge in [0.05, 0.1) is 10.6 Å². The molecule has 0 saturated heterocycles. The normalized spacial score (nSPS) is 15.1. The molecule has 1 fully saturated rings. The van der Waals surface area contributed by atoms with E-state index in [0.717, 1.165) is 22.0 Å². The van der Waals surface area contributed by atoms with Crippen LogP contribution in [-0.4, -0.2) is 11.9 Å². The van der Waals surface area contributed by atoms with Gasteiger partial charge in [0, 0.05) is 9.61 Å². The van der Waals surface area contributed by atoms with Crippen molar-refractivity contribution in [2.45, 2.75) is 25.8 Å². The molecule has 0 radical (unpaired) electrons. The Labute approximate surface area is 108 Å². The lowest BCUT2D eigenvalue weighted by atomic mass is 10.1. The van der Waals surface area contributed by atoms with Crippen LogP contribution in [0.3, 0.4) is 0 Å². The van der Waals surface area contributed by atoms with E-state index in [1.54, 1.807) is 0 Å². The van der Waals surface area contributed by atoms with Gasteiger partial charge >= 0.3 is 0 Å². The number of aryl methyl sites for hydroxylation is 1. The third kappa shape index (κ3) is 2.64. The minimum atomic E-state index is -0.0552. The van der Waals surface area contributed by atoms with Gasteiger partial charge in [0.15, 0.2) is 0 Å². The number of amides is 1. The summed E-state index contributed by atoms with van der Waals surface area (Å²) in [5.74, 6) is -0.0552. The van der Waals surface area contributed by atoms with Crippen molar-refractivity contribution in [1.29, 1.82) is 0 Å². The van der Waals surface area contributed by atoms with Crippen LogP contribution in [0, 0.1) is 10.5 Å². The van der Waals surface area contributed by atoms with Crippen molar-refractivity contribution in [3.05, 3.63) is 31.9 Å². The zero-order valence-electron chi connectivity index (χ0n) is 8.31. The van der Waals surface area contributed by atoms with Gasteiger partial charge in [-0.25, -0.2) is 0 Å². The van der Waals surface area contributed by atoms with Gasteiger partial charge in [-0.3, -0.25) is 4.79 Å². The molecule has 1 aromatic rings. The molecule has 1 N–H and O–H groups in total. The molecule has 0 aromatic heterocycles. The van der Waals surface area contributed by atoms with Gasteiger partial charge in [0.1, 0.15) is 0 Å². The van der Waals surface area contributed by atoms with Crippen LogP contribution in [0.15, 0.2) is 12.1 Å². The average molecular weight is 336 g/mol. The fourth-order valence-electron chi connectivity index (χ4n) is 1.31. The third-order valence-electron chi connectivity index (χ3n) is 2.41. The number of carbonyl (C=O) groups excluding carboxylic acids is 1.